The lowest BCUT2D eigenvalue weighted by Gasteiger charge is -2.14. The lowest BCUT2D eigenvalue weighted by Crippen LogP contribution is -2.27. The van der Waals surface area contributed by atoms with Crippen LogP contribution in [-0.2, 0) is 20.9 Å². The molecule has 9 heteroatoms. The van der Waals surface area contributed by atoms with Crippen LogP contribution in [0.3, 0.4) is 0 Å². The summed E-state index contributed by atoms with van der Waals surface area (Å²) in [6.45, 7) is 4.35. The van der Waals surface area contributed by atoms with E-state index in [9.17, 15) is 14.4 Å². The number of aryl methyl sites for hydroxylation is 1. The second kappa shape index (κ2) is 7.69. The van der Waals surface area contributed by atoms with Crippen molar-refractivity contribution in [1.29, 1.82) is 0 Å². The number of likely N-dealkylation sites (tertiary alicyclic amines) is 1. The molecule has 2 aromatic heterocycles. The average molecular weight is 377 g/mol. The maximum atomic E-state index is 12.5. The van der Waals surface area contributed by atoms with E-state index in [0.29, 0.717) is 34.6 Å². The van der Waals surface area contributed by atoms with Crippen molar-refractivity contribution in [2.75, 3.05) is 18.5 Å². The highest BCUT2D eigenvalue weighted by atomic mass is 32.1. The predicted molar refractivity (Wildman–Crippen MR) is 93.7 cm³/mol. The van der Waals surface area contributed by atoms with Crippen LogP contribution in [0.2, 0.25) is 0 Å². The molecule has 3 rings (SSSR count). The van der Waals surface area contributed by atoms with Gasteiger partial charge in [-0.3, -0.25) is 9.59 Å². The molecule has 2 aromatic rings. The zero-order valence-corrected chi connectivity index (χ0v) is 15.3. The standard InChI is InChI=1S/C17H19N3O5S/c1-3-24-16(23)14-10(2)18-17(26-14)19-15(22)11-7-13(21)20(8-11)9-12-5-4-6-25-12/h4-6,11H,3,7-9H2,1-2H3,(H,18,19,22)/t11-/m0/s1. The van der Waals surface area contributed by atoms with Gasteiger partial charge in [-0.1, -0.05) is 11.3 Å². The number of rotatable bonds is 6. The van der Waals surface area contributed by atoms with Gasteiger partial charge in [-0.05, 0) is 26.0 Å². The summed E-state index contributed by atoms with van der Waals surface area (Å²) in [6.07, 6.45) is 1.69. The molecule has 0 radical (unpaired) electrons. The van der Waals surface area contributed by atoms with Crippen LogP contribution in [0.5, 0.6) is 0 Å². The number of ether oxygens (including phenoxy) is 1. The molecule has 1 saturated heterocycles. The van der Waals surface area contributed by atoms with Crippen molar-refractivity contribution in [3.8, 4) is 0 Å². The monoisotopic (exact) mass is 377 g/mol. The minimum atomic E-state index is -0.465. The summed E-state index contributed by atoms with van der Waals surface area (Å²) in [5, 5.41) is 3.03. The molecule has 1 N–H and O–H groups in total. The molecule has 0 unspecified atom stereocenters. The van der Waals surface area contributed by atoms with E-state index in [2.05, 4.69) is 10.3 Å². The summed E-state index contributed by atoms with van der Waals surface area (Å²) >= 11 is 1.07. The van der Waals surface area contributed by atoms with E-state index >= 15 is 0 Å². The first-order valence-corrected chi connectivity index (χ1v) is 9.05. The number of nitrogens with one attached hydrogen (secondary N) is 1. The van der Waals surface area contributed by atoms with E-state index in [1.807, 2.05) is 0 Å². The average Bonchev–Trinajstić information content (AvgIpc) is 3.30. The third-order valence-corrected chi connectivity index (χ3v) is 5.05. The Morgan fingerprint density at radius 2 is 2.31 bits per heavy atom. The summed E-state index contributed by atoms with van der Waals surface area (Å²) in [7, 11) is 0. The Bertz CT molecular complexity index is 814. The third kappa shape index (κ3) is 3.93. The number of anilines is 1. The first kappa shape index (κ1) is 18.1. The van der Waals surface area contributed by atoms with Crippen LogP contribution >= 0.6 is 11.3 Å². The molecule has 8 nitrogen and oxygen atoms in total. The first-order valence-electron chi connectivity index (χ1n) is 8.23. The molecule has 1 atom stereocenters. The van der Waals surface area contributed by atoms with Gasteiger partial charge in [0, 0.05) is 13.0 Å². The number of carbonyl (C=O) groups is 3. The minimum absolute atomic E-state index is 0.0934. The zero-order valence-electron chi connectivity index (χ0n) is 14.5. The predicted octanol–water partition coefficient (Wildman–Crippen LogP) is 2.21. The number of esters is 1. The molecule has 1 aliphatic rings. The van der Waals surface area contributed by atoms with Crippen molar-refractivity contribution < 1.29 is 23.5 Å². The highest BCUT2D eigenvalue weighted by Gasteiger charge is 2.35. The van der Waals surface area contributed by atoms with Crippen LogP contribution in [0.25, 0.3) is 0 Å². The third-order valence-electron chi connectivity index (χ3n) is 4.00. The van der Waals surface area contributed by atoms with Crippen LogP contribution in [0, 0.1) is 12.8 Å². The SMILES string of the molecule is CCOC(=O)c1sc(NC(=O)[C@H]2CC(=O)N(Cc3ccco3)C2)nc1C. The fraction of sp³-hybridized carbons (Fsp3) is 0.412. The highest BCUT2D eigenvalue weighted by Crippen LogP contribution is 2.26. The highest BCUT2D eigenvalue weighted by molar-refractivity contribution is 7.17. The summed E-state index contributed by atoms with van der Waals surface area (Å²) in [4.78, 5) is 42.6. The number of furan rings is 1. The molecule has 0 aliphatic carbocycles. The van der Waals surface area contributed by atoms with E-state index in [1.54, 1.807) is 37.1 Å². The van der Waals surface area contributed by atoms with Crippen molar-refractivity contribution >= 4 is 34.3 Å². The molecule has 138 valence electrons. The van der Waals surface area contributed by atoms with Gasteiger partial charge in [-0.2, -0.15) is 0 Å². The van der Waals surface area contributed by atoms with E-state index in [0.717, 1.165) is 11.3 Å². The number of hydrogen-bond acceptors (Lipinski definition) is 7. The molecule has 2 amide bonds. The lowest BCUT2D eigenvalue weighted by atomic mass is 10.1. The fourth-order valence-electron chi connectivity index (χ4n) is 2.73. The number of nitrogens with zero attached hydrogens (tertiary/aromatic N) is 2. The smallest absolute Gasteiger partial charge is 0.350 e. The van der Waals surface area contributed by atoms with Crippen molar-refractivity contribution in [2.24, 2.45) is 5.92 Å². The van der Waals surface area contributed by atoms with Crippen molar-refractivity contribution in [1.82, 2.24) is 9.88 Å². The van der Waals surface area contributed by atoms with Crippen LogP contribution in [-0.4, -0.2) is 40.8 Å². The quantitative estimate of drug-likeness (QED) is 0.775. The van der Waals surface area contributed by atoms with E-state index in [-0.39, 0.29) is 24.8 Å². The van der Waals surface area contributed by atoms with Gasteiger partial charge in [0.2, 0.25) is 11.8 Å². The van der Waals surface area contributed by atoms with E-state index < -0.39 is 11.9 Å². The maximum Gasteiger partial charge on any atom is 0.350 e. The molecule has 3 heterocycles. The second-order valence-corrected chi connectivity index (χ2v) is 6.90. The number of carbonyl (C=O) groups excluding carboxylic acids is 3. The Balaban J connectivity index is 1.61. The van der Waals surface area contributed by atoms with E-state index in [4.69, 9.17) is 9.15 Å². The van der Waals surface area contributed by atoms with Crippen molar-refractivity contribution in [2.45, 2.75) is 26.8 Å². The Hall–Kier alpha value is -2.68. The van der Waals surface area contributed by atoms with Gasteiger partial charge in [0.25, 0.3) is 0 Å². The lowest BCUT2D eigenvalue weighted by molar-refractivity contribution is -0.128. The molecular weight excluding hydrogens is 358 g/mol. The van der Waals surface area contributed by atoms with E-state index in [1.165, 1.54) is 0 Å². The largest absolute Gasteiger partial charge is 0.467 e. The molecule has 0 aromatic carbocycles. The molecule has 1 fully saturated rings. The van der Waals surface area contributed by atoms with Gasteiger partial charge in [0.15, 0.2) is 5.13 Å². The van der Waals surface area contributed by atoms with Crippen LogP contribution < -0.4 is 5.32 Å². The summed E-state index contributed by atoms with van der Waals surface area (Å²) in [6, 6.07) is 3.54. The van der Waals surface area contributed by atoms with Gasteiger partial charge in [-0.25, -0.2) is 9.78 Å². The van der Waals surface area contributed by atoms with Gasteiger partial charge in [-0.15, -0.1) is 0 Å². The van der Waals surface area contributed by atoms with Crippen LogP contribution in [0.15, 0.2) is 22.8 Å². The number of hydrogen-bond donors (Lipinski definition) is 1. The van der Waals surface area contributed by atoms with Gasteiger partial charge in [0.1, 0.15) is 10.6 Å². The summed E-state index contributed by atoms with van der Waals surface area (Å²) in [5.41, 5.74) is 0.505. The minimum Gasteiger partial charge on any atom is -0.467 e. The molecule has 0 spiro atoms. The fourth-order valence-corrected chi connectivity index (χ4v) is 3.60. The maximum absolute atomic E-state index is 12.5. The topological polar surface area (TPSA) is 102 Å². The Morgan fingerprint density at radius 3 is 3.00 bits per heavy atom. The second-order valence-electron chi connectivity index (χ2n) is 5.90. The van der Waals surface area contributed by atoms with Crippen LogP contribution in [0.4, 0.5) is 5.13 Å². The molecule has 0 bridgehead atoms. The Kier molecular flexibility index (Phi) is 5.36. The number of aromatic nitrogens is 1. The van der Waals surface area contributed by atoms with Gasteiger partial charge in [0.05, 0.1) is 31.0 Å². The molecule has 1 aliphatic heterocycles. The van der Waals surface area contributed by atoms with Gasteiger partial charge < -0.3 is 19.4 Å². The van der Waals surface area contributed by atoms with Crippen LogP contribution in [0.1, 0.15) is 34.5 Å². The Morgan fingerprint density at radius 1 is 1.50 bits per heavy atom. The number of amides is 2. The zero-order chi connectivity index (χ0) is 18.7. The first-order chi connectivity index (χ1) is 12.5. The summed E-state index contributed by atoms with van der Waals surface area (Å²) < 4.78 is 10.2. The number of thiazole rings is 1. The Labute approximate surface area is 154 Å². The normalized spacial score (nSPS) is 16.8. The molecular formula is C17H19N3O5S. The molecule has 26 heavy (non-hydrogen) atoms. The molecule has 0 saturated carbocycles. The van der Waals surface area contributed by atoms with Crippen molar-refractivity contribution in [3.63, 3.8) is 0 Å². The summed E-state index contributed by atoms with van der Waals surface area (Å²) in [5.74, 6) is -0.626. The van der Waals surface area contributed by atoms with Crippen molar-refractivity contribution in [3.05, 3.63) is 34.7 Å². The van der Waals surface area contributed by atoms with Gasteiger partial charge >= 0.3 is 5.97 Å².